The number of fused-ring (bicyclic) bond motifs is 3. The highest BCUT2D eigenvalue weighted by molar-refractivity contribution is 7.07. The monoisotopic (exact) mass is 494 g/mol. The summed E-state index contributed by atoms with van der Waals surface area (Å²) in [6, 6.07) is 22.0. The van der Waals surface area contributed by atoms with Gasteiger partial charge in [-0.1, -0.05) is 59.9 Å². The van der Waals surface area contributed by atoms with Crippen molar-refractivity contribution in [2.45, 2.75) is 18.9 Å². The molecule has 0 spiro atoms. The van der Waals surface area contributed by atoms with Crippen LogP contribution in [0.1, 0.15) is 45.1 Å². The molecular weight excluding hydrogens is 472 g/mol. The lowest BCUT2D eigenvalue weighted by Gasteiger charge is -2.30. The van der Waals surface area contributed by atoms with E-state index in [0.717, 1.165) is 40.8 Å². The fourth-order valence-electron chi connectivity index (χ4n) is 4.96. The molecule has 178 valence electrons. The van der Waals surface area contributed by atoms with Gasteiger partial charge >= 0.3 is 5.97 Å². The van der Waals surface area contributed by atoms with Gasteiger partial charge in [0.15, 0.2) is 4.80 Å². The minimum Gasteiger partial charge on any atom is -0.508 e. The van der Waals surface area contributed by atoms with Crippen molar-refractivity contribution in [1.82, 2.24) is 4.57 Å². The Bertz CT molecular complexity index is 1710. The third-order valence-electron chi connectivity index (χ3n) is 6.71. The summed E-state index contributed by atoms with van der Waals surface area (Å²) in [5.41, 5.74) is 6.48. The molecule has 4 aromatic rings. The Morgan fingerprint density at radius 3 is 2.56 bits per heavy atom. The van der Waals surface area contributed by atoms with Gasteiger partial charge in [-0.25, -0.2) is 9.79 Å². The molecule has 2 heterocycles. The van der Waals surface area contributed by atoms with E-state index in [2.05, 4.69) is 12.1 Å². The Kier molecular flexibility index (Phi) is 5.42. The molecule has 0 radical (unpaired) electrons. The zero-order valence-electron chi connectivity index (χ0n) is 19.5. The molecular formula is C29H22N2O4S. The van der Waals surface area contributed by atoms with Crippen LogP contribution in [0, 0.1) is 0 Å². The number of thiazole rings is 1. The molecule has 36 heavy (non-hydrogen) atoms. The van der Waals surface area contributed by atoms with Crippen molar-refractivity contribution in [3.05, 3.63) is 126 Å². The van der Waals surface area contributed by atoms with Crippen molar-refractivity contribution < 1.29 is 14.6 Å². The number of hydrogen-bond donors (Lipinski definition) is 1. The fourth-order valence-corrected chi connectivity index (χ4v) is 5.96. The average molecular weight is 495 g/mol. The second-order valence-corrected chi connectivity index (χ2v) is 9.83. The second kappa shape index (κ2) is 8.77. The predicted octanol–water partition coefficient (Wildman–Crippen LogP) is 3.81. The van der Waals surface area contributed by atoms with Gasteiger partial charge in [-0.15, -0.1) is 0 Å². The van der Waals surface area contributed by atoms with Crippen molar-refractivity contribution in [1.29, 1.82) is 0 Å². The predicted molar refractivity (Wildman–Crippen MR) is 139 cm³/mol. The summed E-state index contributed by atoms with van der Waals surface area (Å²) in [5, 5.41) is 9.61. The number of esters is 1. The van der Waals surface area contributed by atoms with Crippen LogP contribution >= 0.6 is 11.3 Å². The van der Waals surface area contributed by atoms with Crippen LogP contribution in [0.4, 0.5) is 0 Å². The third kappa shape index (κ3) is 3.69. The van der Waals surface area contributed by atoms with Crippen LogP contribution in [0.5, 0.6) is 5.75 Å². The number of benzene rings is 3. The van der Waals surface area contributed by atoms with Crippen LogP contribution in [-0.4, -0.2) is 22.8 Å². The van der Waals surface area contributed by atoms with Crippen molar-refractivity contribution >= 4 is 29.1 Å². The van der Waals surface area contributed by atoms with E-state index in [1.54, 1.807) is 41.0 Å². The Hall–Kier alpha value is -4.23. The fraction of sp³-hybridized carbons (Fsp3) is 0.138. The molecule has 6 nitrogen and oxygen atoms in total. The highest BCUT2D eigenvalue weighted by Gasteiger charge is 2.32. The molecule has 1 aromatic heterocycles. The number of phenols is 1. The zero-order chi connectivity index (χ0) is 24.8. The SMILES string of the molecule is COC(=O)c1ccc([C@H]2C3=C(N=c4s/c(=C/c5ccc(O)cc5)c(=O)n42)c2ccccc2CC3)cc1. The van der Waals surface area contributed by atoms with Gasteiger partial charge < -0.3 is 9.84 Å². The summed E-state index contributed by atoms with van der Waals surface area (Å²) < 4.78 is 7.20. The summed E-state index contributed by atoms with van der Waals surface area (Å²) in [4.78, 5) is 31.4. The lowest BCUT2D eigenvalue weighted by atomic mass is 9.83. The molecule has 0 fully saturated rings. The van der Waals surface area contributed by atoms with E-state index in [1.807, 2.05) is 30.3 Å². The number of aryl methyl sites for hydroxylation is 1. The summed E-state index contributed by atoms with van der Waals surface area (Å²) in [5.74, 6) is -0.221. The number of allylic oxidation sites excluding steroid dienone is 1. The number of carbonyl (C=O) groups is 1. The standard InChI is InChI=1S/C29H22N2O4S/c1-35-28(34)20-10-8-19(9-11-20)26-23-15-12-18-4-2-3-5-22(18)25(23)30-29-31(26)27(33)24(36-29)16-17-6-13-21(32)14-7-17/h2-11,13-14,16,26,32H,12,15H2,1H3/b24-16+/t26-/m0/s1. The molecule has 3 aromatic carbocycles. The summed E-state index contributed by atoms with van der Waals surface area (Å²) in [7, 11) is 1.36. The molecule has 0 saturated carbocycles. The quantitative estimate of drug-likeness (QED) is 0.439. The largest absolute Gasteiger partial charge is 0.508 e. The van der Waals surface area contributed by atoms with E-state index in [1.165, 1.54) is 24.0 Å². The van der Waals surface area contributed by atoms with Crippen molar-refractivity contribution in [2.24, 2.45) is 4.99 Å². The zero-order valence-corrected chi connectivity index (χ0v) is 20.3. The van der Waals surface area contributed by atoms with E-state index in [4.69, 9.17) is 9.73 Å². The van der Waals surface area contributed by atoms with E-state index in [0.29, 0.717) is 14.9 Å². The third-order valence-corrected chi connectivity index (χ3v) is 7.69. The van der Waals surface area contributed by atoms with Gasteiger partial charge in [0.05, 0.1) is 28.9 Å². The van der Waals surface area contributed by atoms with Gasteiger partial charge in [-0.3, -0.25) is 9.36 Å². The van der Waals surface area contributed by atoms with Crippen LogP contribution in [0.25, 0.3) is 11.8 Å². The van der Waals surface area contributed by atoms with Gasteiger partial charge in [0.25, 0.3) is 5.56 Å². The lowest BCUT2D eigenvalue weighted by molar-refractivity contribution is 0.0600. The number of rotatable bonds is 3. The van der Waals surface area contributed by atoms with Crippen LogP contribution in [-0.2, 0) is 11.2 Å². The van der Waals surface area contributed by atoms with Crippen LogP contribution in [0.15, 0.2) is 88.2 Å². The normalized spacial score (nSPS) is 16.6. The van der Waals surface area contributed by atoms with Crippen LogP contribution < -0.4 is 14.9 Å². The summed E-state index contributed by atoms with van der Waals surface area (Å²) >= 11 is 1.36. The molecule has 0 amide bonds. The van der Waals surface area contributed by atoms with Gasteiger partial charge in [-0.05, 0) is 65.4 Å². The first kappa shape index (κ1) is 22.2. The van der Waals surface area contributed by atoms with Crippen molar-refractivity contribution in [2.75, 3.05) is 7.11 Å². The minimum atomic E-state index is -0.397. The highest BCUT2D eigenvalue weighted by Crippen LogP contribution is 2.41. The number of nitrogens with zero attached hydrogens (tertiary/aromatic N) is 2. The highest BCUT2D eigenvalue weighted by atomic mass is 32.1. The van der Waals surface area contributed by atoms with Gasteiger partial charge in [0.1, 0.15) is 5.75 Å². The number of methoxy groups -OCH3 is 1. The maximum Gasteiger partial charge on any atom is 0.337 e. The molecule has 0 unspecified atom stereocenters. The molecule has 1 atom stereocenters. The maximum atomic E-state index is 13.7. The number of aromatic hydroxyl groups is 1. The summed E-state index contributed by atoms with van der Waals surface area (Å²) in [6.45, 7) is 0. The van der Waals surface area contributed by atoms with E-state index in [9.17, 15) is 14.7 Å². The number of carbonyl (C=O) groups excluding carboxylic acids is 1. The topological polar surface area (TPSA) is 80.9 Å². The molecule has 6 rings (SSSR count). The number of ether oxygens (including phenoxy) is 1. The Morgan fingerprint density at radius 2 is 1.81 bits per heavy atom. The first-order valence-electron chi connectivity index (χ1n) is 11.6. The van der Waals surface area contributed by atoms with Gasteiger partial charge in [0.2, 0.25) is 0 Å². The van der Waals surface area contributed by atoms with Crippen LogP contribution in [0.3, 0.4) is 0 Å². The van der Waals surface area contributed by atoms with E-state index in [-0.39, 0.29) is 17.4 Å². The number of hydrogen-bond acceptors (Lipinski definition) is 6. The van der Waals surface area contributed by atoms with E-state index < -0.39 is 5.97 Å². The molecule has 1 aliphatic carbocycles. The number of phenolic OH excluding ortho intramolecular Hbond substituents is 1. The van der Waals surface area contributed by atoms with Crippen LogP contribution in [0.2, 0.25) is 0 Å². The molecule has 7 heteroatoms. The molecule has 0 saturated heterocycles. The second-order valence-electron chi connectivity index (χ2n) is 8.82. The molecule has 1 aliphatic heterocycles. The average Bonchev–Trinajstić information content (AvgIpc) is 3.22. The molecule has 1 N–H and O–H groups in total. The smallest absolute Gasteiger partial charge is 0.337 e. The van der Waals surface area contributed by atoms with Crippen molar-refractivity contribution in [3.63, 3.8) is 0 Å². The van der Waals surface area contributed by atoms with Crippen molar-refractivity contribution in [3.8, 4) is 5.75 Å². The first-order valence-corrected chi connectivity index (χ1v) is 12.5. The Morgan fingerprint density at radius 1 is 1.06 bits per heavy atom. The number of aromatic nitrogens is 1. The molecule has 2 aliphatic rings. The first-order chi connectivity index (χ1) is 17.5. The lowest BCUT2D eigenvalue weighted by Crippen LogP contribution is -2.38. The minimum absolute atomic E-state index is 0.112. The Balaban J connectivity index is 1.58. The van der Waals surface area contributed by atoms with E-state index >= 15 is 0 Å². The Labute approximate surface area is 210 Å². The summed E-state index contributed by atoms with van der Waals surface area (Å²) in [6.07, 6.45) is 3.50. The maximum absolute atomic E-state index is 13.7. The molecule has 0 bridgehead atoms. The van der Waals surface area contributed by atoms with Gasteiger partial charge in [0, 0.05) is 5.56 Å². The van der Waals surface area contributed by atoms with Gasteiger partial charge in [-0.2, -0.15) is 0 Å².